The summed E-state index contributed by atoms with van der Waals surface area (Å²) in [5.41, 5.74) is -0.483. The molecule has 0 radical (unpaired) electrons. The molecule has 0 aromatic heterocycles. The molecule has 5 nitrogen and oxygen atoms in total. The van der Waals surface area contributed by atoms with E-state index < -0.39 is 24.0 Å². The molecule has 0 atom stereocenters. The highest BCUT2D eigenvalue weighted by Crippen LogP contribution is 2.69. The fourth-order valence-corrected chi connectivity index (χ4v) is 5.13. The highest BCUT2D eigenvalue weighted by molar-refractivity contribution is 6.30. The second-order valence-corrected chi connectivity index (χ2v) is 9.49. The maximum atomic E-state index is 13.4. The van der Waals surface area contributed by atoms with Crippen LogP contribution in [0.1, 0.15) is 38.5 Å². The van der Waals surface area contributed by atoms with Gasteiger partial charge in [0.1, 0.15) is 18.2 Å². The number of hydrogen-bond acceptors (Lipinski definition) is 4. The Balaban J connectivity index is 1.12. The Bertz CT molecular complexity index is 865. The first kappa shape index (κ1) is 22.3. The molecule has 0 unspecified atom stereocenters. The van der Waals surface area contributed by atoms with Gasteiger partial charge in [-0.1, -0.05) is 11.6 Å². The van der Waals surface area contributed by atoms with E-state index in [1.807, 2.05) is 0 Å². The minimum absolute atomic E-state index is 0.0332. The number of ketones is 1. The summed E-state index contributed by atoms with van der Waals surface area (Å²) in [7, 11) is 0. The summed E-state index contributed by atoms with van der Waals surface area (Å²) >= 11 is 5.60. The van der Waals surface area contributed by atoms with Crippen LogP contribution in [0, 0.1) is 17.2 Å². The van der Waals surface area contributed by atoms with Gasteiger partial charge in [0, 0.05) is 18.0 Å². The fraction of sp³-hybridized carbons (Fsp3) is 0.619. The van der Waals surface area contributed by atoms with Crippen molar-refractivity contribution in [2.24, 2.45) is 11.3 Å². The summed E-state index contributed by atoms with van der Waals surface area (Å²) in [6.45, 7) is -0.426. The molecule has 5 rings (SSSR count). The molecule has 170 valence electrons. The molecule has 0 heterocycles. The first-order valence-corrected chi connectivity index (χ1v) is 10.4. The quantitative estimate of drug-likeness (QED) is 0.557. The number of Topliss-reactive ketones (excluding diaryl/α,β-unsaturated/α-hetero) is 1. The van der Waals surface area contributed by atoms with E-state index in [-0.39, 0.29) is 59.5 Å². The predicted octanol–water partition coefficient (Wildman–Crippen LogP) is 4.21. The van der Waals surface area contributed by atoms with Gasteiger partial charge in [0.15, 0.2) is 12.4 Å². The summed E-state index contributed by atoms with van der Waals surface area (Å²) in [5.74, 6) is -2.21. The minimum Gasteiger partial charge on any atom is -0.484 e. The number of amides is 1. The van der Waals surface area contributed by atoms with E-state index >= 15 is 0 Å². The third kappa shape index (κ3) is 4.82. The average molecular weight is 464 g/mol. The van der Waals surface area contributed by atoms with Gasteiger partial charge < -0.3 is 14.8 Å². The number of hydrogen-bond donors (Lipinski definition) is 1. The molecule has 31 heavy (non-hydrogen) atoms. The lowest BCUT2D eigenvalue weighted by Crippen LogP contribution is -2.75. The van der Waals surface area contributed by atoms with Gasteiger partial charge in [0.25, 0.3) is 5.91 Å². The fourth-order valence-electron chi connectivity index (χ4n) is 5.01. The van der Waals surface area contributed by atoms with Crippen LogP contribution in [0.15, 0.2) is 18.2 Å². The van der Waals surface area contributed by atoms with Crippen LogP contribution in [0.3, 0.4) is 0 Å². The zero-order chi connectivity index (χ0) is 22.4. The molecule has 4 aliphatic carbocycles. The molecule has 0 aliphatic heterocycles. The number of rotatable bonds is 9. The van der Waals surface area contributed by atoms with Crippen LogP contribution < -0.4 is 10.1 Å². The number of carbonyl (C=O) groups is 2. The Hall–Kier alpha value is -1.87. The third-order valence-electron chi connectivity index (χ3n) is 6.42. The van der Waals surface area contributed by atoms with Crippen molar-refractivity contribution in [3.63, 3.8) is 0 Å². The topological polar surface area (TPSA) is 64.6 Å². The summed E-state index contributed by atoms with van der Waals surface area (Å²) < 4.78 is 61.4. The Kier molecular flexibility index (Phi) is 5.70. The molecule has 0 saturated heterocycles. The largest absolute Gasteiger partial charge is 0.484 e. The standard InChI is InChI=1S/C21H22ClF4NO4/c22-16-2-1-14(5-17(16)23)31-8-18(29)27-20-9-19(10-20,11-20)6-13(28)7-30-15-3-12(4-15)21(24,25)26/h1-2,5,12,15H,3-4,6-11H2,(H,27,29). The number of carbonyl (C=O) groups excluding carboxylic acids is 2. The Morgan fingerprint density at radius 1 is 1.16 bits per heavy atom. The van der Waals surface area contributed by atoms with Gasteiger partial charge in [0.05, 0.1) is 17.0 Å². The van der Waals surface area contributed by atoms with Crippen molar-refractivity contribution >= 4 is 23.3 Å². The molecule has 1 aromatic carbocycles. The van der Waals surface area contributed by atoms with E-state index in [0.717, 1.165) is 6.07 Å². The number of nitrogens with one attached hydrogen (secondary N) is 1. The molecular weight excluding hydrogens is 442 g/mol. The lowest BCUT2D eigenvalue weighted by atomic mass is 9.38. The molecular formula is C21H22ClF4NO4. The van der Waals surface area contributed by atoms with Crippen LogP contribution in [-0.2, 0) is 14.3 Å². The maximum Gasteiger partial charge on any atom is 0.392 e. The first-order valence-electron chi connectivity index (χ1n) is 10.1. The number of benzene rings is 1. The Labute approximate surface area is 181 Å². The molecule has 4 aliphatic rings. The van der Waals surface area contributed by atoms with Crippen LogP contribution in [-0.4, -0.2) is 42.7 Å². The molecule has 0 spiro atoms. The second-order valence-electron chi connectivity index (χ2n) is 9.08. The molecule has 4 saturated carbocycles. The van der Waals surface area contributed by atoms with Gasteiger partial charge in [0.2, 0.25) is 0 Å². The molecule has 1 amide bonds. The van der Waals surface area contributed by atoms with E-state index in [1.54, 1.807) is 0 Å². The van der Waals surface area contributed by atoms with Crippen molar-refractivity contribution in [1.82, 2.24) is 5.32 Å². The van der Waals surface area contributed by atoms with Crippen molar-refractivity contribution in [2.75, 3.05) is 13.2 Å². The van der Waals surface area contributed by atoms with Gasteiger partial charge in [-0.15, -0.1) is 0 Å². The van der Waals surface area contributed by atoms with Crippen molar-refractivity contribution in [3.8, 4) is 5.75 Å². The smallest absolute Gasteiger partial charge is 0.392 e. The van der Waals surface area contributed by atoms with Crippen LogP contribution in [0.4, 0.5) is 17.6 Å². The zero-order valence-corrected chi connectivity index (χ0v) is 17.3. The summed E-state index contributed by atoms with van der Waals surface area (Å²) in [4.78, 5) is 24.3. The molecule has 1 aromatic rings. The van der Waals surface area contributed by atoms with Crippen LogP contribution >= 0.6 is 11.6 Å². The summed E-state index contributed by atoms with van der Waals surface area (Å²) in [5, 5.41) is 2.87. The first-order chi connectivity index (χ1) is 14.5. The number of alkyl halides is 3. The van der Waals surface area contributed by atoms with Crippen molar-refractivity contribution in [1.29, 1.82) is 0 Å². The number of halogens is 5. The minimum atomic E-state index is -4.19. The van der Waals surface area contributed by atoms with E-state index in [9.17, 15) is 27.2 Å². The normalized spacial score (nSPS) is 31.1. The van der Waals surface area contributed by atoms with Gasteiger partial charge in [-0.25, -0.2) is 4.39 Å². The Morgan fingerprint density at radius 3 is 2.45 bits per heavy atom. The van der Waals surface area contributed by atoms with E-state index in [0.29, 0.717) is 25.7 Å². The molecule has 2 bridgehead atoms. The van der Waals surface area contributed by atoms with Crippen molar-refractivity contribution in [3.05, 3.63) is 29.0 Å². The zero-order valence-electron chi connectivity index (χ0n) is 16.6. The highest BCUT2D eigenvalue weighted by atomic mass is 35.5. The summed E-state index contributed by atoms with van der Waals surface area (Å²) in [6, 6.07) is 3.91. The summed E-state index contributed by atoms with van der Waals surface area (Å²) in [6.07, 6.45) is -2.52. The average Bonchev–Trinajstić information content (AvgIpc) is 2.57. The van der Waals surface area contributed by atoms with Gasteiger partial charge >= 0.3 is 6.18 Å². The van der Waals surface area contributed by atoms with E-state index in [4.69, 9.17) is 21.1 Å². The van der Waals surface area contributed by atoms with Gasteiger partial charge in [-0.05, 0) is 49.7 Å². The lowest BCUT2D eigenvalue weighted by molar-refractivity contribution is -0.220. The van der Waals surface area contributed by atoms with Gasteiger partial charge in [-0.3, -0.25) is 9.59 Å². The SMILES string of the molecule is O=C(COC1CC(C(F)(F)F)C1)CC12CC(NC(=O)COc3ccc(Cl)c(F)c3)(C1)C2. The molecule has 1 N–H and O–H groups in total. The lowest BCUT2D eigenvalue weighted by Gasteiger charge is -2.70. The monoisotopic (exact) mass is 463 g/mol. The van der Waals surface area contributed by atoms with Crippen LogP contribution in [0.25, 0.3) is 0 Å². The predicted molar refractivity (Wildman–Crippen MR) is 102 cm³/mol. The Morgan fingerprint density at radius 2 is 1.84 bits per heavy atom. The number of ether oxygens (including phenoxy) is 2. The van der Waals surface area contributed by atoms with Crippen molar-refractivity contribution in [2.45, 2.75) is 56.3 Å². The molecule has 10 heteroatoms. The highest BCUT2D eigenvalue weighted by Gasteiger charge is 2.68. The molecule has 4 fully saturated rings. The second kappa shape index (κ2) is 7.92. The third-order valence-corrected chi connectivity index (χ3v) is 6.72. The van der Waals surface area contributed by atoms with Gasteiger partial charge in [-0.2, -0.15) is 13.2 Å². The van der Waals surface area contributed by atoms with Crippen LogP contribution in [0.5, 0.6) is 5.75 Å². The van der Waals surface area contributed by atoms with E-state index in [1.165, 1.54) is 12.1 Å². The van der Waals surface area contributed by atoms with Crippen LogP contribution in [0.2, 0.25) is 5.02 Å². The maximum absolute atomic E-state index is 13.4. The van der Waals surface area contributed by atoms with E-state index in [2.05, 4.69) is 5.32 Å². The van der Waals surface area contributed by atoms with Crippen molar-refractivity contribution < 1.29 is 36.6 Å².